The van der Waals surface area contributed by atoms with Crippen LogP contribution in [-0.2, 0) is 6.54 Å². The molecule has 0 fully saturated rings. The van der Waals surface area contributed by atoms with Gasteiger partial charge in [-0.2, -0.15) is 4.98 Å². The number of aromatic nitrogens is 4. The van der Waals surface area contributed by atoms with Gasteiger partial charge in [0.05, 0.1) is 25.3 Å². The van der Waals surface area contributed by atoms with Gasteiger partial charge in [0, 0.05) is 19.3 Å². The molecule has 0 saturated carbocycles. The zero-order chi connectivity index (χ0) is 14.4. The molecule has 0 amide bonds. The number of rotatable bonds is 7. The van der Waals surface area contributed by atoms with E-state index in [0.29, 0.717) is 31.4 Å². The molecule has 2 N–H and O–H groups in total. The first-order chi connectivity index (χ1) is 9.69. The van der Waals surface area contributed by atoms with E-state index in [2.05, 4.69) is 20.3 Å². The van der Waals surface area contributed by atoms with Gasteiger partial charge in [-0.25, -0.2) is 9.78 Å². The van der Waals surface area contributed by atoms with Crippen molar-refractivity contribution in [2.45, 2.75) is 13.5 Å². The Labute approximate surface area is 115 Å². The lowest BCUT2D eigenvalue weighted by molar-refractivity contribution is 0.0691. The van der Waals surface area contributed by atoms with E-state index < -0.39 is 5.97 Å². The number of carboxylic acids is 1. The molecule has 2 aromatic heterocycles. The van der Waals surface area contributed by atoms with Crippen LogP contribution in [-0.4, -0.2) is 43.7 Å². The third kappa shape index (κ3) is 3.67. The van der Waals surface area contributed by atoms with Crippen molar-refractivity contribution in [1.82, 2.24) is 19.5 Å². The second-order valence-electron chi connectivity index (χ2n) is 3.90. The van der Waals surface area contributed by atoms with E-state index in [0.717, 1.165) is 0 Å². The van der Waals surface area contributed by atoms with Gasteiger partial charge in [-0.1, -0.05) is 0 Å². The highest BCUT2D eigenvalue weighted by Gasteiger charge is 2.06. The minimum Gasteiger partial charge on any atom is -0.477 e. The number of carbonyl (C=O) groups is 1. The molecule has 20 heavy (non-hydrogen) atoms. The summed E-state index contributed by atoms with van der Waals surface area (Å²) in [5.41, 5.74) is 0.0307. The smallest absolute Gasteiger partial charge is 0.356 e. The highest BCUT2D eigenvalue weighted by Crippen LogP contribution is 2.08. The summed E-state index contributed by atoms with van der Waals surface area (Å²) in [5.74, 6) is 0.0369. The van der Waals surface area contributed by atoms with Gasteiger partial charge in [-0.05, 0) is 6.92 Å². The molecule has 0 atom stereocenters. The molecule has 8 heteroatoms. The SMILES string of the molecule is CCOc1cncc(NCCn2cnc(C(=O)O)c2)n1. The Morgan fingerprint density at radius 3 is 3.05 bits per heavy atom. The Bertz CT molecular complexity index is 584. The molecule has 0 radical (unpaired) electrons. The fraction of sp³-hybridized carbons (Fsp3) is 0.333. The molecule has 0 bridgehead atoms. The molecular weight excluding hydrogens is 262 g/mol. The van der Waals surface area contributed by atoms with Crippen LogP contribution < -0.4 is 10.1 Å². The number of hydrogen-bond donors (Lipinski definition) is 2. The van der Waals surface area contributed by atoms with E-state index in [4.69, 9.17) is 9.84 Å². The number of imidazole rings is 1. The average molecular weight is 277 g/mol. The van der Waals surface area contributed by atoms with Gasteiger partial charge in [0.25, 0.3) is 0 Å². The quantitative estimate of drug-likeness (QED) is 0.774. The maximum absolute atomic E-state index is 10.7. The zero-order valence-corrected chi connectivity index (χ0v) is 11.0. The summed E-state index contributed by atoms with van der Waals surface area (Å²) in [6.07, 6.45) is 6.10. The third-order valence-electron chi connectivity index (χ3n) is 2.43. The first-order valence-corrected chi connectivity index (χ1v) is 6.13. The van der Waals surface area contributed by atoms with Crippen molar-refractivity contribution >= 4 is 11.8 Å². The standard InChI is InChI=1S/C12H15N5O3/c1-2-20-11-6-13-5-10(16-11)14-3-4-17-7-9(12(18)19)15-8-17/h5-8H,2-4H2,1H3,(H,14,16)(H,18,19). The first kappa shape index (κ1) is 13.8. The second-order valence-corrected chi connectivity index (χ2v) is 3.90. The van der Waals surface area contributed by atoms with Crippen molar-refractivity contribution in [3.63, 3.8) is 0 Å². The number of ether oxygens (including phenoxy) is 1. The topological polar surface area (TPSA) is 102 Å². The van der Waals surface area contributed by atoms with Crippen molar-refractivity contribution in [3.05, 3.63) is 30.6 Å². The maximum atomic E-state index is 10.7. The summed E-state index contributed by atoms with van der Waals surface area (Å²) >= 11 is 0. The van der Waals surface area contributed by atoms with Crippen LogP contribution in [0.4, 0.5) is 5.82 Å². The fourth-order valence-electron chi connectivity index (χ4n) is 1.56. The third-order valence-corrected chi connectivity index (χ3v) is 2.43. The van der Waals surface area contributed by atoms with Gasteiger partial charge in [0.2, 0.25) is 5.88 Å². The largest absolute Gasteiger partial charge is 0.477 e. The van der Waals surface area contributed by atoms with Crippen molar-refractivity contribution in [1.29, 1.82) is 0 Å². The molecule has 0 aliphatic heterocycles. The number of nitrogens with zero attached hydrogens (tertiary/aromatic N) is 4. The van der Waals surface area contributed by atoms with Crippen LogP contribution in [0.5, 0.6) is 5.88 Å². The van der Waals surface area contributed by atoms with Crippen LogP contribution in [0.1, 0.15) is 17.4 Å². The monoisotopic (exact) mass is 277 g/mol. The molecule has 2 heterocycles. The normalized spacial score (nSPS) is 10.2. The van der Waals surface area contributed by atoms with Gasteiger partial charge < -0.3 is 19.7 Å². The number of nitrogens with one attached hydrogen (secondary N) is 1. The highest BCUT2D eigenvalue weighted by molar-refractivity contribution is 5.84. The predicted molar refractivity (Wildman–Crippen MR) is 70.9 cm³/mol. The molecular formula is C12H15N5O3. The number of anilines is 1. The summed E-state index contributed by atoms with van der Waals surface area (Å²) in [7, 11) is 0. The zero-order valence-electron chi connectivity index (χ0n) is 11.0. The molecule has 0 unspecified atom stereocenters. The average Bonchev–Trinajstić information content (AvgIpc) is 2.89. The van der Waals surface area contributed by atoms with Crippen molar-refractivity contribution in [2.75, 3.05) is 18.5 Å². The van der Waals surface area contributed by atoms with E-state index in [1.54, 1.807) is 17.0 Å². The first-order valence-electron chi connectivity index (χ1n) is 6.13. The molecule has 0 saturated heterocycles. The Balaban J connectivity index is 1.85. The van der Waals surface area contributed by atoms with Crippen LogP contribution in [0.3, 0.4) is 0 Å². The lowest BCUT2D eigenvalue weighted by Crippen LogP contribution is -2.11. The summed E-state index contributed by atoms with van der Waals surface area (Å²) in [6.45, 7) is 3.55. The van der Waals surface area contributed by atoms with E-state index in [1.807, 2.05) is 6.92 Å². The Morgan fingerprint density at radius 1 is 1.50 bits per heavy atom. The summed E-state index contributed by atoms with van der Waals surface area (Å²) in [6, 6.07) is 0. The fourth-order valence-corrected chi connectivity index (χ4v) is 1.56. The van der Waals surface area contributed by atoms with Gasteiger partial charge in [-0.3, -0.25) is 4.98 Å². The Morgan fingerprint density at radius 2 is 2.35 bits per heavy atom. The Kier molecular flexibility index (Phi) is 4.48. The van der Waals surface area contributed by atoms with Gasteiger partial charge in [-0.15, -0.1) is 0 Å². The molecule has 2 rings (SSSR count). The van der Waals surface area contributed by atoms with Gasteiger partial charge in [0.15, 0.2) is 5.69 Å². The van der Waals surface area contributed by atoms with Gasteiger partial charge in [0.1, 0.15) is 5.82 Å². The van der Waals surface area contributed by atoms with Crippen LogP contribution >= 0.6 is 0 Å². The maximum Gasteiger partial charge on any atom is 0.356 e. The van der Waals surface area contributed by atoms with Crippen LogP contribution in [0.25, 0.3) is 0 Å². The number of hydrogen-bond acceptors (Lipinski definition) is 6. The van der Waals surface area contributed by atoms with Crippen LogP contribution in [0.15, 0.2) is 24.9 Å². The second kappa shape index (κ2) is 6.50. The molecule has 0 aliphatic rings. The molecule has 0 aliphatic carbocycles. The molecule has 0 aromatic carbocycles. The van der Waals surface area contributed by atoms with Gasteiger partial charge >= 0.3 is 5.97 Å². The van der Waals surface area contributed by atoms with E-state index in [1.165, 1.54) is 12.5 Å². The predicted octanol–water partition coefficient (Wildman–Crippen LogP) is 0.882. The molecule has 106 valence electrons. The summed E-state index contributed by atoms with van der Waals surface area (Å²) < 4.78 is 6.94. The van der Waals surface area contributed by atoms with Crippen molar-refractivity contribution in [2.24, 2.45) is 0 Å². The van der Waals surface area contributed by atoms with Crippen LogP contribution in [0.2, 0.25) is 0 Å². The molecule has 8 nitrogen and oxygen atoms in total. The van der Waals surface area contributed by atoms with Crippen molar-refractivity contribution in [3.8, 4) is 5.88 Å². The highest BCUT2D eigenvalue weighted by atomic mass is 16.5. The van der Waals surface area contributed by atoms with E-state index in [9.17, 15) is 4.79 Å². The van der Waals surface area contributed by atoms with Crippen LogP contribution in [0, 0.1) is 0 Å². The summed E-state index contributed by atoms with van der Waals surface area (Å²) in [4.78, 5) is 22.7. The minimum absolute atomic E-state index is 0.0307. The van der Waals surface area contributed by atoms with E-state index in [-0.39, 0.29) is 5.69 Å². The Hall–Kier alpha value is -2.64. The molecule has 0 spiro atoms. The summed E-state index contributed by atoms with van der Waals surface area (Å²) in [5, 5.41) is 11.8. The minimum atomic E-state index is -1.04. The number of aromatic carboxylic acids is 1. The number of carboxylic acid groups (broad SMARTS) is 1. The lowest BCUT2D eigenvalue weighted by atomic mass is 10.5. The van der Waals surface area contributed by atoms with E-state index >= 15 is 0 Å². The lowest BCUT2D eigenvalue weighted by Gasteiger charge is -2.07. The molecule has 2 aromatic rings. The van der Waals surface area contributed by atoms with Crippen molar-refractivity contribution < 1.29 is 14.6 Å².